The molecule has 0 saturated heterocycles. The number of alkyl halides is 3. The van der Waals surface area contributed by atoms with Gasteiger partial charge in [-0.05, 0) is 61.9 Å². The van der Waals surface area contributed by atoms with Crippen molar-refractivity contribution >= 4 is 0 Å². The molecule has 2 rings (SSSR count). The van der Waals surface area contributed by atoms with Gasteiger partial charge in [0, 0.05) is 6.04 Å². The van der Waals surface area contributed by atoms with Crippen LogP contribution in [0.2, 0.25) is 0 Å². The maximum absolute atomic E-state index is 12.8. The highest BCUT2D eigenvalue weighted by atomic mass is 19.4. The number of aryl methyl sites for hydroxylation is 1. The number of rotatable bonds is 3. The minimum absolute atomic E-state index is 0.153. The molecule has 0 aliphatic heterocycles. The molecule has 1 aromatic carbocycles. The molecule has 1 saturated carbocycles. The predicted octanol–water partition coefficient (Wildman–Crippen LogP) is 5.10. The van der Waals surface area contributed by atoms with Gasteiger partial charge in [-0.25, -0.2) is 0 Å². The van der Waals surface area contributed by atoms with Gasteiger partial charge in [0.05, 0.1) is 5.56 Å². The Balaban J connectivity index is 2.22. The summed E-state index contributed by atoms with van der Waals surface area (Å²) in [4.78, 5) is 0. The molecular weight excluding hydrogens is 275 g/mol. The second-order valence-corrected chi connectivity index (χ2v) is 6.36. The summed E-state index contributed by atoms with van der Waals surface area (Å²) in [7, 11) is 1.90. The first kappa shape index (κ1) is 16.3. The quantitative estimate of drug-likeness (QED) is 0.818. The van der Waals surface area contributed by atoms with E-state index < -0.39 is 11.7 Å². The van der Waals surface area contributed by atoms with Crippen molar-refractivity contribution < 1.29 is 13.2 Å². The summed E-state index contributed by atoms with van der Waals surface area (Å²) >= 11 is 0. The Kier molecular flexibility index (Phi) is 4.97. The lowest BCUT2D eigenvalue weighted by Crippen LogP contribution is -2.29. The second kappa shape index (κ2) is 6.39. The highest BCUT2D eigenvalue weighted by Gasteiger charge is 2.32. The summed E-state index contributed by atoms with van der Waals surface area (Å²) in [6, 6.07) is 4.28. The lowest BCUT2D eigenvalue weighted by molar-refractivity contribution is -0.137. The van der Waals surface area contributed by atoms with Crippen molar-refractivity contribution in [1.82, 2.24) is 5.32 Å². The standard InChI is InChI=1S/C17H24F3N/c1-11-4-6-13(7-5-11)16(21-3)15-9-8-14(10-12(15)2)17(18,19)20/h8-11,13,16,21H,4-7H2,1-3H3. The van der Waals surface area contributed by atoms with Gasteiger partial charge >= 0.3 is 6.18 Å². The van der Waals surface area contributed by atoms with Crippen LogP contribution in [-0.2, 0) is 6.18 Å². The molecule has 4 heteroatoms. The van der Waals surface area contributed by atoms with Gasteiger partial charge in [0.1, 0.15) is 0 Å². The summed E-state index contributed by atoms with van der Waals surface area (Å²) in [5.74, 6) is 1.29. The smallest absolute Gasteiger partial charge is 0.313 e. The molecule has 1 nitrogen and oxygen atoms in total. The first-order valence-corrected chi connectivity index (χ1v) is 7.68. The molecular formula is C17H24F3N. The molecule has 1 fully saturated rings. The fourth-order valence-corrected chi connectivity index (χ4v) is 3.47. The van der Waals surface area contributed by atoms with Crippen LogP contribution in [0.1, 0.15) is 55.3 Å². The number of nitrogens with one attached hydrogen (secondary N) is 1. The SMILES string of the molecule is CNC(c1ccc(C(F)(F)F)cc1C)C1CCC(C)CC1. The van der Waals surface area contributed by atoms with Crippen LogP contribution in [0, 0.1) is 18.8 Å². The summed E-state index contributed by atoms with van der Waals surface area (Å²) in [6.07, 6.45) is 0.448. The van der Waals surface area contributed by atoms with Gasteiger partial charge in [0.25, 0.3) is 0 Å². The Morgan fingerprint density at radius 1 is 1.14 bits per heavy atom. The normalized spacial score (nSPS) is 24.9. The number of halogens is 3. The third kappa shape index (κ3) is 3.79. The lowest BCUT2D eigenvalue weighted by Gasteiger charge is -2.33. The van der Waals surface area contributed by atoms with E-state index in [2.05, 4.69) is 12.2 Å². The van der Waals surface area contributed by atoms with E-state index >= 15 is 0 Å². The Hall–Kier alpha value is -1.03. The molecule has 0 radical (unpaired) electrons. The fourth-order valence-electron chi connectivity index (χ4n) is 3.47. The summed E-state index contributed by atoms with van der Waals surface area (Å²) in [5, 5.41) is 3.32. The Morgan fingerprint density at radius 3 is 2.24 bits per heavy atom. The maximum Gasteiger partial charge on any atom is 0.416 e. The van der Waals surface area contributed by atoms with Gasteiger partial charge in [-0.1, -0.05) is 25.8 Å². The van der Waals surface area contributed by atoms with Crippen molar-refractivity contribution in [3.63, 3.8) is 0 Å². The van der Waals surface area contributed by atoms with Crippen molar-refractivity contribution in [3.05, 3.63) is 34.9 Å². The largest absolute Gasteiger partial charge is 0.416 e. The van der Waals surface area contributed by atoms with Crippen LogP contribution in [0.3, 0.4) is 0 Å². The van der Waals surface area contributed by atoms with Gasteiger partial charge in [0.2, 0.25) is 0 Å². The maximum atomic E-state index is 12.8. The Labute approximate surface area is 124 Å². The molecule has 1 N–H and O–H groups in total. The molecule has 1 aliphatic carbocycles. The third-order valence-corrected chi connectivity index (χ3v) is 4.78. The molecule has 1 atom stereocenters. The Bertz CT molecular complexity index is 473. The monoisotopic (exact) mass is 299 g/mol. The first-order valence-electron chi connectivity index (χ1n) is 7.68. The second-order valence-electron chi connectivity index (χ2n) is 6.36. The molecule has 0 aromatic heterocycles. The van der Waals surface area contributed by atoms with Crippen LogP contribution in [0.15, 0.2) is 18.2 Å². The van der Waals surface area contributed by atoms with Gasteiger partial charge < -0.3 is 5.32 Å². The van der Waals surface area contributed by atoms with Crippen LogP contribution in [0.5, 0.6) is 0 Å². The number of hydrogen-bond acceptors (Lipinski definition) is 1. The molecule has 0 amide bonds. The highest BCUT2D eigenvalue weighted by molar-refractivity contribution is 5.35. The van der Waals surface area contributed by atoms with Crippen molar-refractivity contribution in [2.75, 3.05) is 7.05 Å². The molecule has 0 heterocycles. The molecule has 118 valence electrons. The first-order chi connectivity index (χ1) is 9.82. The highest BCUT2D eigenvalue weighted by Crippen LogP contribution is 2.39. The van der Waals surface area contributed by atoms with E-state index in [1.165, 1.54) is 25.0 Å². The molecule has 1 unspecified atom stereocenters. The van der Waals surface area contributed by atoms with E-state index in [0.29, 0.717) is 5.92 Å². The van der Waals surface area contributed by atoms with E-state index in [9.17, 15) is 13.2 Å². The van der Waals surface area contributed by atoms with Crippen molar-refractivity contribution in [3.8, 4) is 0 Å². The molecule has 0 spiro atoms. The van der Waals surface area contributed by atoms with E-state index in [0.717, 1.165) is 29.9 Å². The predicted molar refractivity (Wildman–Crippen MR) is 79.1 cm³/mol. The minimum atomic E-state index is -4.27. The average Bonchev–Trinajstić information content (AvgIpc) is 2.42. The van der Waals surface area contributed by atoms with E-state index in [1.807, 2.05) is 7.05 Å². The zero-order chi connectivity index (χ0) is 15.6. The van der Waals surface area contributed by atoms with Crippen molar-refractivity contribution in [2.45, 2.75) is 51.7 Å². The van der Waals surface area contributed by atoms with E-state index in [4.69, 9.17) is 0 Å². The average molecular weight is 299 g/mol. The zero-order valence-electron chi connectivity index (χ0n) is 12.9. The molecule has 1 aromatic rings. The fraction of sp³-hybridized carbons (Fsp3) is 0.647. The summed E-state index contributed by atoms with van der Waals surface area (Å²) < 4.78 is 38.3. The topological polar surface area (TPSA) is 12.0 Å². The Morgan fingerprint density at radius 2 is 1.76 bits per heavy atom. The van der Waals surface area contributed by atoms with Crippen molar-refractivity contribution in [2.24, 2.45) is 11.8 Å². The van der Waals surface area contributed by atoms with Gasteiger partial charge in [-0.3, -0.25) is 0 Å². The summed E-state index contributed by atoms with van der Waals surface area (Å²) in [6.45, 7) is 4.05. The molecule has 1 aliphatic rings. The molecule has 0 bridgehead atoms. The van der Waals surface area contributed by atoms with Gasteiger partial charge in [-0.2, -0.15) is 13.2 Å². The molecule has 21 heavy (non-hydrogen) atoms. The van der Waals surface area contributed by atoms with Crippen LogP contribution < -0.4 is 5.32 Å². The van der Waals surface area contributed by atoms with Crippen molar-refractivity contribution in [1.29, 1.82) is 0 Å². The van der Waals surface area contributed by atoms with Crippen LogP contribution >= 0.6 is 0 Å². The van der Waals surface area contributed by atoms with Gasteiger partial charge in [-0.15, -0.1) is 0 Å². The minimum Gasteiger partial charge on any atom is -0.313 e. The van der Waals surface area contributed by atoms with Crippen LogP contribution in [0.25, 0.3) is 0 Å². The zero-order valence-corrected chi connectivity index (χ0v) is 12.9. The van der Waals surface area contributed by atoms with E-state index in [1.54, 1.807) is 13.0 Å². The number of benzene rings is 1. The van der Waals surface area contributed by atoms with Gasteiger partial charge in [0.15, 0.2) is 0 Å². The summed E-state index contributed by atoms with van der Waals surface area (Å²) in [5.41, 5.74) is 1.17. The van der Waals surface area contributed by atoms with Crippen LogP contribution in [0.4, 0.5) is 13.2 Å². The third-order valence-electron chi connectivity index (χ3n) is 4.78. The van der Waals surface area contributed by atoms with E-state index in [-0.39, 0.29) is 6.04 Å². The van der Waals surface area contributed by atoms with Crippen LogP contribution in [-0.4, -0.2) is 7.05 Å². The lowest BCUT2D eigenvalue weighted by atomic mass is 9.76. The number of hydrogen-bond donors (Lipinski definition) is 1.